The van der Waals surface area contributed by atoms with E-state index in [0.717, 1.165) is 17.7 Å². The van der Waals surface area contributed by atoms with Crippen LogP contribution in [0.2, 0.25) is 0 Å². The fourth-order valence-electron chi connectivity index (χ4n) is 3.37. The summed E-state index contributed by atoms with van der Waals surface area (Å²) in [6.07, 6.45) is 2.89. The number of unbranched alkanes of at least 4 members (excludes halogenated alkanes) is 1. The third-order valence-electron chi connectivity index (χ3n) is 5.04. The molecule has 0 atom stereocenters. The highest BCUT2D eigenvalue weighted by Crippen LogP contribution is 2.37. The molecule has 1 aromatic carbocycles. The van der Waals surface area contributed by atoms with Crippen molar-refractivity contribution in [2.75, 3.05) is 18.5 Å². The van der Waals surface area contributed by atoms with Crippen molar-refractivity contribution in [3.05, 3.63) is 45.8 Å². The van der Waals surface area contributed by atoms with Crippen LogP contribution in [0.1, 0.15) is 64.3 Å². The maximum absolute atomic E-state index is 12.7. The minimum atomic E-state index is -1.07. The van der Waals surface area contributed by atoms with E-state index in [0.29, 0.717) is 54.4 Å². The molecular weight excluding hydrogens is 404 g/mol. The highest BCUT2D eigenvalue weighted by atomic mass is 32.1. The Balaban J connectivity index is 1.76. The van der Waals surface area contributed by atoms with E-state index in [4.69, 9.17) is 4.74 Å². The van der Waals surface area contributed by atoms with E-state index in [-0.39, 0.29) is 17.4 Å². The van der Waals surface area contributed by atoms with Crippen molar-refractivity contribution in [3.8, 4) is 5.75 Å². The van der Waals surface area contributed by atoms with Gasteiger partial charge in [-0.3, -0.25) is 9.59 Å². The highest BCUT2D eigenvalue weighted by molar-refractivity contribution is 7.17. The SMILES string of the molecule is CCCCOc1ccc(C(=O)Nc2sc3c(c2C(=O)O)CCN(C(=O)CC)C3)cc1. The van der Waals surface area contributed by atoms with Crippen LogP contribution in [0.15, 0.2) is 24.3 Å². The number of ether oxygens (including phenoxy) is 1. The molecule has 8 heteroatoms. The Hall–Kier alpha value is -2.87. The molecule has 1 aliphatic rings. The fraction of sp³-hybridized carbons (Fsp3) is 0.409. The van der Waals surface area contributed by atoms with E-state index >= 15 is 0 Å². The molecule has 0 saturated carbocycles. The number of nitrogens with one attached hydrogen (secondary N) is 1. The Bertz CT molecular complexity index is 936. The number of nitrogens with zero attached hydrogens (tertiary/aromatic N) is 1. The summed E-state index contributed by atoms with van der Waals surface area (Å²) in [6.45, 7) is 5.39. The average molecular weight is 431 g/mol. The summed E-state index contributed by atoms with van der Waals surface area (Å²) in [6, 6.07) is 6.78. The Morgan fingerprint density at radius 2 is 1.93 bits per heavy atom. The molecule has 3 rings (SSSR count). The van der Waals surface area contributed by atoms with Crippen LogP contribution in [-0.4, -0.2) is 40.9 Å². The molecule has 2 amide bonds. The monoisotopic (exact) mass is 430 g/mol. The number of hydrogen-bond acceptors (Lipinski definition) is 5. The highest BCUT2D eigenvalue weighted by Gasteiger charge is 2.30. The molecule has 1 aliphatic heterocycles. The van der Waals surface area contributed by atoms with Crippen molar-refractivity contribution in [1.29, 1.82) is 0 Å². The minimum absolute atomic E-state index is 0.0396. The zero-order chi connectivity index (χ0) is 21.7. The quantitative estimate of drug-likeness (QED) is 0.613. The van der Waals surface area contributed by atoms with Crippen LogP contribution in [0.3, 0.4) is 0 Å². The molecule has 7 nitrogen and oxygen atoms in total. The van der Waals surface area contributed by atoms with E-state index in [9.17, 15) is 19.5 Å². The largest absolute Gasteiger partial charge is 0.494 e. The van der Waals surface area contributed by atoms with Gasteiger partial charge in [0, 0.05) is 23.4 Å². The smallest absolute Gasteiger partial charge is 0.339 e. The van der Waals surface area contributed by atoms with Crippen molar-refractivity contribution in [2.45, 2.75) is 46.1 Å². The first-order valence-electron chi connectivity index (χ1n) is 10.1. The van der Waals surface area contributed by atoms with Crippen LogP contribution in [0.4, 0.5) is 5.00 Å². The second-order valence-electron chi connectivity index (χ2n) is 7.11. The number of rotatable bonds is 8. The number of anilines is 1. The van der Waals surface area contributed by atoms with Crippen molar-refractivity contribution < 1.29 is 24.2 Å². The predicted octanol–water partition coefficient (Wildman–Crippen LogP) is 4.17. The second-order valence-corrected chi connectivity index (χ2v) is 8.22. The molecule has 30 heavy (non-hydrogen) atoms. The molecule has 2 aromatic rings. The van der Waals surface area contributed by atoms with Gasteiger partial charge in [0.05, 0.1) is 18.7 Å². The van der Waals surface area contributed by atoms with Crippen LogP contribution in [0.25, 0.3) is 0 Å². The summed E-state index contributed by atoms with van der Waals surface area (Å²) in [5.41, 5.74) is 1.26. The standard InChI is InChI=1S/C22H26N2O5S/c1-3-5-12-29-15-8-6-14(7-9-15)20(26)23-21-19(22(27)28)16-10-11-24(18(25)4-2)13-17(16)30-21/h6-9H,3-5,10-13H2,1-2H3,(H,23,26)(H,27,28). The van der Waals surface area contributed by atoms with Crippen molar-refractivity contribution in [3.63, 3.8) is 0 Å². The Morgan fingerprint density at radius 1 is 1.20 bits per heavy atom. The maximum atomic E-state index is 12.7. The summed E-state index contributed by atoms with van der Waals surface area (Å²) in [5.74, 6) is -0.716. The average Bonchev–Trinajstić information content (AvgIpc) is 3.10. The van der Waals surface area contributed by atoms with Gasteiger partial charge in [0.25, 0.3) is 5.91 Å². The first kappa shape index (κ1) is 21.8. The molecule has 1 aromatic heterocycles. The van der Waals surface area contributed by atoms with Gasteiger partial charge in [-0.1, -0.05) is 20.3 Å². The van der Waals surface area contributed by atoms with Gasteiger partial charge in [0.15, 0.2) is 0 Å². The molecule has 0 aliphatic carbocycles. The van der Waals surface area contributed by atoms with E-state index in [1.54, 1.807) is 36.1 Å². The number of carbonyl (C=O) groups excluding carboxylic acids is 2. The van der Waals surface area contributed by atoms with E-state index in [1.165, 1.54) is 11.3 Å². The van der Waals surface area contributed by atoms with Gasteiger partial charge < -0.3 is 20.1 Å². The van der Waals surface area contributed by atoms with Crippen LogP contribution >= 0.6 is 11.3 Å². The molecule has 0 saturated heterocycles. The number of carbonyl (C=O) groups is 3. The van der Waals surface area contributed by atoms with Crippen LogP contribution < -0.4 is 10.1 Å². The van der Waals surface area contributed by atoms with Crippen LogP contribution in [0.5, 0.6) is 5.75 Å². The lowest BCUT2D eigenvalue weighted by atomic mass is 10.0. The first-order chi connectivity index (χ1) is 14.4. The molecule has 160 valence electrons. The number of hydrogen-bond donors (Lipinski definition) is 2. The zero-order valence-corrected chi connectivity index (χ0v) is 18.0. The summed E-state index contributed by atoms with van der Waals surface area (Å²) in [5, 5.41) is 12.8. The number of fused-ring (bicyclic) bond motifs is 1. The van der Waals surface area contributed by atoms with Gasteiger partial charge >= 0.3 is 5.97 Å². The topological polar surface area (TPSA) is 95.9 Å². The van der Waals surface area contributed by atoms with Gasteiger partial charge in [-0.2, -0.15) is 0 Å². The third-order valence-corrected chi connectivity index (χ3v) is 6.17. The van der Waals surface area contributed by atoms with Gasteiger partial charge in [-0.05, 0) is 42.7 Å². The fourth-order valence-corrected chi connectivity index (χ4v) is 4.62. The number of amides is 2. The molecule has 2 N–H and O–H groups in total. The van der Waals surface area contributed by atoms with Gasteiger partial charge in [0.1, 0.15) is 10.8 Å². The zero-order valence-electron chi connectivity index (χ0n) is 17.2. The molecule has 0 unspecified atom stereocenters. The van der Waals surface area contributed by atoms with Crippen LogP contribution in [-0.2, 0) is 17.8 Å². The number of carboxylic acids is 1. The minimum Gasteiger partial charge on any atom is -0.494 e. The number of aromatic carboxylic acids is 1. The second kappa shape index (κ2) is 9.75. The molecule has 0 radical (unpaired) electrons. The Labute approximate surface area is 179 Å². The van der Waals surface area contributed by atoms with E-state index in [1.807, 2.05) is 0 Å². The molecule has 0 bridgehead atoms. The maximum Gasteiger partial charge on any atom is 0.339 e. The summed E-state index contributed by atoms with van der Waals surface area (Å²) in [7, 11) is 0. The van der Waals surface area contributed by atoms with Crippen molar-refractivity contribution in [1.82, 2.24) is 4.90 Å². The molecule has 2 heterocycles. The lowest BCUT2D eigenvalue weighted by Gasteiger charge is -2.26. The summed E-state index contributed by atoms with van der Waals surface area (Å²) in [4.78, 5) is 39.1. The molecular formula is C22H26N2O5S. The lowest BCUT2D eigenvalue weighted by Crippen LogP contribution is -2.35. The first-order valence-corrected chi connectivity index (χ1v) is 11.0. The van der Waals surface area contributed by atoms with Crippen LogP contribution in [0, 0.1) is 0 Å². The molecule has 0 fully saturated rings. The molecule has 0 spiro atoms. The summed E-state index contributed by atoms with van der Waals surface area (Å²) >= 11 is 1.23. The number of thiophene rings is 1. The number of benzene rings is 1. The third kappa shape index (κ3) is 4.81. The van der Waals surface area contributed by atoms with Gasteiger partial charge in [-0.25, -0.2) is 4.79 Å². The predicted molar refractivity (Wildman–Crippen MR) is 115 cm³/mol. The normalized spacial score (nSPS) is 12.9. The van der Waals surface area contributed by atoms with Crippen molar-refractivity contribution in [2.24, 2.45) is 0 Å². The van der Waals surface area contributed by atoms with Gasteiger partial charge in [0.2, 0.25) is 5.91 Å². The van der Waals surface area contributed by atoms with Gasteiger partial charge in [-0.15, -0.1) is 11.3 Å². The summed E-state index contributed by atoms with van der Waals surface area (Å²) < 4.78 is 5.60. The number of carboxylic acid groups (broad SMARTS) is 1. The van der Waals surface area contributed by atoms with Crippen molar-refractivity contribution >= 4 is 34.1 Å². The lowest BCUT2D eigenvalue weighted by molar-refractivity contribution is -0.131. The van der Waals surface area contributed by atoms with E-state index in [2.05, 4.69) is 12.2 Å². The Kier molecular flexibility index (Phi) is 7.10. The van der Waals surface area contributed by atoms with E-state index < -0.39 is 5.97 Å². The Morgan fingerprint density at radius 3 is 2.57 bits per heavy atom.